The molecule has 4 rings (SSSR count). The summed E-state index contributed by atoms with van der Waals surface area (Å²) in [6, 6.07) is 11.0. The molecule has 148 valence electrons. The lowest BCUT2D eigenvalue weighted by Gasteiger charge is -2.43. The van der Waals surface area contributed by atoms with Crippen molar-refractivity contribution in [3.05, 3.63) is 65.0 Å². The number of halogens is 1. The van der Waals surface area contributed by atoms with Crippen molar-refractivity contribution in [2.24, 2.45) is 0 Å². The summed E-state index contributed by atoms with van der Waals surface area (Å²) in [5.74, 6) is 0.0840. The number of hydrogen-bond acceptors (Lipinski definition) is 4. The van der Waals surface area contributed by atoms with Crippen molar-refractivity contribution < 1.29 is 22.3 Å². The predicted octanol–water partition coefficient (Wildman–Crippen LogP) is 3.46. The summed E-state index contributed by atoms with van der Waals surface area (Å²) < 4.78 is 46.2. The quantitative estimate of drug-likeness (QED) is 0.787. The zero-order valence-corrected chi connectivity index (χ0v) is 16.5. The molecule has 1 fully saturated rings. The van der Waals surface area contributed by atoms with E-state index in [4.69, 9.17) is 4.74 Å². The first kappa shape index (κ1) is 19.1. The van der Waals surface area contributed by atoms with Crippen LogP contribution in [0.4, 0.5) is 4.39 Å². The maximum atomic E-state index is 13.0. The molecule has 0 unspecified atom stereocenters. The summed E-state index contributed by atoms with van der Waals surface area (Å²) in [4.78, 5) is 12.6. The minimum atomic E-state index is -3.51. The van der Waals surface area contributed by atoms with Crippen LogP contribution in [0.3, 0.4) is 0 Å². The van der Waals surface area contributed by atoms with E-state index >= 15 is 0 Å². The Labute approximate surface area is 164 Å². The lowest BCUT2D eigenvalue weighted by Crippen LogP contribution is -2.52. The number of sulfonamides is 1. The van der Waals surface area contributed by atoms with E-state index in [2.05, 4.69) is 0 Å². The third-order valence-electron chi connectivity index (χ3n) is 5.54. The van der Waals surface area contributed by atoms with E-state index < -0.39 is 21.4 Å². The predicted molar refractivity (Wildman–Crippen MR) is 103 cm³/mol. The standard InChI is InChI=1S/C21H22FNO4S/c1-15-2-7-18-19(24)13-21(27-20(18)12-15)8-10-23(11-9-21)28(25,26)14-16-3-5-17(22)6-4-16/h2-7,12H,8-11,13-14H2,1H3. The zero-order valence-electron chi connectivity index (χ0n) is 15.7. The number of hydrogen-bond donors (Lipinski definition) is 0. The van der Waals surface area contributed by atoms with Gasteiger partial charge >= 0.3 is 0 Å². The highest BCUT2D eigenvalue weighted by molar-refractivity contribution is 7.88. The highest BCUT2D eigenvalue weighted by Crippen LogP contribution is 2.40. The first-order valence-electron chi connectivity index (χ1n) is 9.32. The number of fused-ring (bicyclic) bond motifs is 1. The molecule has 1 spiro atoms. The summed E-state index contributed by atoms with van der Waals surface area (Å²) in [5, 5.41) is 0. The highest BCUT2D eigenvalue weighted by atomic mass is 32.2. The molecule has 2 aromatic carbocycles. The van der Waals surface area contributed by atoms with Gasteiger partial charge < -0.3 is 4.74 Å². The lowest BCUT2D eigenvalue weighted by molar-refractivity contribution is 0.00586. The lowest BCUT2D eigenvalue weighted by atomic mass is 9.83. The molecule has 0 bridgehead atoms. The van der Waals surface area contributed by atoms with Gasteiger partial charge in [-0.2, -0.15) is 0 Å². The summed E-state index contributed by atoms with van der Waals surface area (Å²) in [5.41, 5.74) is 1.53. The molecule has 0 N–H and O–H groups in total. The van der Waals surface area contributed by atoms with E-state index in [0.717, 1.165) is 5.56 Å². The largest absolute Gasteiger partial charge is 0.486 e. The van der Waals surface area contributed by atoms with Crippen LogP contribution in [0.5, 0.6) is 5.75 Å². The molecule has 7 heteroatoms. The molecule has 2 aliphatic heterocycles. The van der Waals surface area contributed by atoms with E-state index in [1.165, 1.54) is 28.6 Å². The second-order valence-electron chi connectivity index (χ2n) is 7.67. The molecule has 0 aliphatic carbocycles. The van der Waals surface area contributed by atoms with Gasteiger partial charge in [-0.1, -0.05) is 18.2 Å². The maximum Gasteiger partial charge on any atom is 0.218 e. The summed E-state index contributed by atoms with van der Waals surface area (Å²) >= 11 is 0. The Bertz CT molecular complexity index is 1010. The van der Waals surface area contributed by atoms with Crippen molar-refractivity contribution in [1.29, 1.82) is 0 Å². The third kappa shape index (κ3) is 3.69. The van der Waals surface area contributed by atoms with Crippen molar-refractivity contribution in [3.8, 4) is 5.75 Å². The molecule has 1 saturated heterocycles. The molecule has 2 heterocycles. The summed E-state index contributed by atoms with van der Waals surface area (Å²) in [6.45, 7) is 2.55. The Morgan fingerprint density at radius 3 is 2.46 bits per heavy atom. The number of ketones is 1. The second kappa shape index (κ2) is 6.97. The minimum absolute atomic E-state index is 0.0452. The van der Waals surface area contributed by atoms with Crippen molar-refractivity contribution >= 4 is 15.8 Å². The van der Waals surface area contributed by atoms with E-state index in [1.807, 2.05) is 19.1 Å². The van der Waals surface area contributed by atoms with Gasteiger partial charge in [-0.05, 0) is 42.3 Å². The molecule has 28 heavy (non-hydrogen) atoms. The average molecular weight is 403 g/mol. The number of ether oxygens (including phenoxy) is 1. The highest BCUT2D eigenvalue weighted by Gasteiger charge is 2.44. The molecule has 0 amide bonds. The molecule has 0 saturated carbocycles. The van der Waals surface area contributed by atoms with Crippen LogP contribution in [0.15, 0.2) is 42.5 Å². The van der Waals surface area contributed by atoms with E-state index in [9.17, 15) is 17.6 Å². The number of Topliss-reactive ketones (excluding diaryl/α,β-unsaturated/α-hetero) is 1. The van der Waals surface area contributed by atoms with Gasteiger partial charge in [-0.3, -0.25) is 4.79 Å². The molecule has 2 aromatic rings. The Kier molecular flexibility index (Phi) is 4.75. The van der Waals surface area contributed by atoms with Crippen molar-refractivity contribution in [2.75, 3.05) is 13.1 Å². The maximum absolute atomic E-state index is 13.0. The fourth-order valence-corrected chi connectivity index (χ4v) is 5.47. The van der Waals surface area contributed by atoms with Gasteiger partial charge in [0, 0.05) is 25.9 Å². The van der Waals surface area contributed by atoms with Crippen molar-refractivity contribution in [1.82, 2.24) is 4.31 Å². The molecule has 2 aliphatic rings. The number of aryl methyl sites for hydroxylation is 1. The van der Waals surface area contributed by atoms with Crippen LogP contribution in [-0.2, 0) is 15.8 Å². The smallest absolute Gasteiger partial charge is 0.218 e. The number of piperidine rings is 1. The first-order chi connectivity index (χ1) is 13.3. The number of carbonyl (C=O) groups excluding carboxylic acids is 1. The van der Waals surface area contributed by atoms with E-state index in [-0.39, 0.29) is 18.0 Å². The number of nitrogens with zero attached hydrogens (tertiary/aromatic N) is 1. The number of benzene rings is 2. The fourth-order valence-electron chi connectivity index (χ4n) is 3.93. The van der Waals surface area contributed by atoms with Crippen molar-refractivity contribution in [2.45, 2.75) is 37.5 Å². The van der Waals surface area contributed by atoms with Crippen LogP contribution in [0.25, 0.3) is 0 Å². The topological polar surface area (TPSA) is 63.7 Å². The van der Waals surface area contributed by atoms with Gasteiger partial charge in [-0.15, -0.1) is 0 Å². The van der Waals surface area contributed by atoms with Gasteiger partial charge in [0.1, 0.15) is 17.2 Å². The zero-order chi connectivity index (χ0) is 19.9. The van der Waals surface area contributed by atoms with Gasteiger partial charge in [0.15, 0.2) is 5.78 Å². The molecule has 0 aromatic heterocycles. The summed E-state index contributed by atoms with van der Waals surface area (Å²) in [6.07, 6.45) is 1.21. The van der Waals surface area contributed by atoms with Gasteiger partial charge in [0.2, 0.25) is 10.0 Å². The van der Waals surface area contributed by atoms with Crippen LogP contribution in [0.2, 0.25) is 0 Å². The number of rotatable bonds is 3. The molecule has 0 atom stereocenters. The Morgan fingerprint density at radius 1 is 1.11 bits per heavy atom. The monoisotopic (exact) mass is 403 g/mol. The first-order valence-corrected chi connectivity index (χ1v) is 10.9. The van der Waals surface area contributed by atoms with Crippen LogP contribution < -0.4 is 4.74 Å². The molecular weight excluding hydrogens is 381 g/mol. The fraction of sp³-hybridized carbons (Fsp3) is 0.381. The molecular formula is C21H22FNO4S. The number of carbonyl (C=O) groups is 1. The molecule has 0 radical (unpaired) electrons. The van der Waals surface area contributed by atoms with Crippen LogP contribution in [0.1, 0.15) is 40.7 Å². The normalized spacial score (nSPS) is 19.3. The Hall–Kier alpha value is -2.25. The summed E-state index contributed by atoms with van der Waals surface area (Å²) in [7, 11) is -3.51. The van der Waals surface area contributed by atoms with Crippen LogP contribution in [-0.4, -0.2) is 37.2 Å². The molecule has 5 nitrogen and oxygen atoms in total. The van der Waals surface area contributed by atoms with Gasteiger partial charge in [0.05, 0.1) is 17.7 Å². The van der Waals surface area contributed by atoms with Crippen LogP contribution in [0, 0.1) is 12.7 Å². The van der Waals surface area contributed by atoms with Crippen LogP contribution >= 0.6 is 0 Å². The second-order valence-corrected chi connectivity index (χ2v) is 9.64. The minimum Gasteiger partial charge on any atom is -0.486 e. The Morgan fingerprint density at radius 2 is 1.79 bits per heavy atom. The van der Waals surface area contributed by atoms with Gasteiger partial charge in [0.25, 0.3) is 0 Å². The van der Waals surface area contributed by atoms with E-state index in [0.29, 0.717) is 42.8 Å². The average Bonchev–Trinajstić information content (AvgIpc) is 2.63. The van der Waals surface area contributed by atoms with E-state index in [1.54, 1.807) is 6.07 Å². The van der Waals surface area contributed by atoms with Crippen molar-refractivity contribution in [3.63, 3.8) is 0 Å². The SMILES string of the molecule is Cc1ccc2c(c1)OC1(CCN(S(=O)(=O)Cc3ccc(F)cc3)CC1)CC2=O. The Balaban J connectivity index is 1.47. The van der Waals surface area contributed by atoms with Gasteiger partial charge in [-0.25, -0.2) is 17.1 Å². The third-order valence-corrected chi connectivity index (χ3v) is 7.39.